The molecule has 1 heterocycles. The largest absolute Gasteiger partial charge is 0.493 e. The van der Waals surface area contributed by atoms with Crippen LogP contribution >= 0.6 is 0 Å². The molecule has 0 amide bonds. The summed E-state index contributed by atoms with van der Waals surface area (Å²) in [5, 5.41) is 10.0. The molecule has 152 valence electrons. The molecule has 0 bridgehead atoms. The Morgan fingerprint density at radius 2 is 1.89 bits per heavy atom. The van der Waals surface area contributed by atoms with Crippen molar-refractivity contribution in [2.45, 2.75) is 63.0 Å². The lowest BCUT2D eigenvalue weighted by Gasteiger charge is -2.39. The van der Waals surface area contributed by atoms with Crippen LogP contribution in [0.3, 0.4) is 0 Å². The van der Waals surface area contributed by atoms with E-state index in [9.17, 15) is 10.1 Å². The zero-order valence-electron chi connectivity index (χ0n) is 17.1. The Kier molecular flexibility index (Phi) is 6.46. The number of methoxy groups -OCH3 is 2. The first-order chi connectivity index (χ1) is 13.5. The van der Waals surface area contributed by atoms with Gasteiger partial charge in [-0.1, -0.05) is 6.07 Å². The van der Waals surface area contributed by atoms with Gasteiger partial charge in [-0.25, -0.2) is 0 Å². The standard InChI is InChI=1S/C22H30N2O4/c1-16(21(25)27-3)24-12-10-22(15-23,11-13-24)17-8-9-19(26-2)20(14-17)28-18-6-4-5-7-18/h8-9,14,16,18H,4-7,10-13H2,1-3H3/t16-/m0/s1. The lowest BCUT2D eigenvalue weighted by atomic mass is 9.73. The van der Waals surface area contributed by atoms with Crippen molar-refractivity contribution in [3.8, 4) is 17.6 Å². The molecule has 2 aliphatic rings. The van der Waals surface area contributed by atoms with Gasteiger partial charge in [-0.15, -0.1) is 0 Å². The van der Waals surface area contributed by atoms with Crippen LogP contribution in [0.4, 0.5) is 0 Å². The number of rotatable bonds is 6. The van der Waals surface area contributed by atoms with Crippen LogP contribution in [0.1, 0.15) is 51.0 Å². The molecule has 1 saturated carbocycles. The van der Waals surface area contributed by atoms with Gasteiger partial charge < -0.3 is 14.2 Å². The van der Waals surface area contributed by atoms with Gasteiger partial charge in [-0.2, -0.15) is 5.26 Å². The monoisotopic (exact) mass is 386 g/mol. The third-order valence-electron chi connectivity index (χ3n) is 6.27. The van der Waals surface area contributed by atoms with Gasteiger partial charge in [0.05, 0.1) is 31.8 Å². The third-order valence-corrected chi connectivity index (χ3v) is 6.27. The number of esters is 1. The van der Waals surface area contributed by atoms with E-state index in [1.165, 1.54) is 20.0 Å². The van der Waals surface area contributed by atoms with Crippen molar-refractivity contribution in [1.82, 2.24) is 4.90 Å². The number of hydrogen-bond donors (Lipinski definition) is 0. The van der Waals surface area contributed by atoms with Crippen LogP contribution in [0.5, 0.6) is 11.5 Å². The van der Waals surface area contributed by atoms with Gasteiger partial charge in [0.25, 0.3) is 0 Å². The molecule has 2 fully saturated rings. The van der Waals surface area contributed by atoms with Crippen LogP contribution in [0.25, 0.3) is 0 Å². The van der Waals surface area contributed by atoms with E-state index < -0.39 is 5.41 Å². The van der Waals surface area contributed by atoms with Crippen LogP contribution in [-0.4, -0.2) is 50.3 Å². The number of carbonyl (C=O) groups excluding carboxylic acids is 1. The second-order valence-corrected chi connectivity index (χ2v) is 7.82. The number of ether oxygens (including phenoxy) is 3. The Morgan fingerprint density at radius 1 is 1.21 bits per heavy atom. The van der Waals surface area contributed by atoms with Crippen LogP contribution in [0, 0.1) is 11.3 Å². The second-order valence-electron chi connectivity index (χ2n) is 7.82. The lowest BCUT2D eigenvalue weighted by molar-refractivity contribution is -0.146. The molecule has 1 aliphatic carbocycles. The van der Waals surface area contributed by atoms with E-state index in [4.69, 9.17) is 14.2 Å². The lowest BCUT2D eigenvalue weighted by Crippen LogP contribution is -2.48. The normalized spacial score (nSPS) is 20.9. The third kappa shape index (κ3) is 4.10. The van der Waals surface area contributed by atoms with Crippen LogP contribution in [0.15, 0.2) is 18.2 Å². The number of nitriles is 1. The number of nitrogens with zero attached hydrogens (tertiary/aromatic N) is 2. The van der Waals surface area contributed by atoms with Gasteiger partial charge in [-0.3, -0.25) is 9.69 Å². The molecular formula is C22H30N2O4. The quantitative estimate of drug-likeness (QED) is 0.698. The van der Waals surface area contributed by atoms with Crippen molar-refractivity contribution < 1.29 is 19.0 Å². The van der Waals surface area contributed by atoms with E-state index in [2.05, 4.69) is 11.0 Å². The van der Waals surface area contributed by atoms with Crippen molar-refractivity contribution in [3.05, 3.63) is 23.8 Å². The van der Waals surface area contributed by atoms with Crippen molar-refractivity contribution >= 4 is 5.97 Å². The average molecular weight is 386 g/mol. The maximum atomic E-state index is 11.8. The van der Waals surface area contributed by atoms with Crippen molar-refractivity contribution in [3.63, 3.8) is 0 Å². The van der Waals surface area contributed by atoms with Crippen LogP contribution < -0.4 is 9.47 Å². The Bertz CT molecular complexity index is 729. The number of hydrogen-bond acceptors (Lipinski definition) is 6. The van der Waals surface area contributed by atoms with Crippen molar-refractivity contribution in [2.75, 3.05) is 27.3 Å². The molecule has 1 saturated heterocycles. The average Bonchev–Trinajstić information content (AvgIpc) is 3.25. The molecule has 3 rings (SSSR count). The Morgan fingerprint density at radius 3 is 2.46 bits per heavy atom. The van der Waals surface area contributed by atoms with Gasteiger partial charge >= 0.3 is 5.97 Å². The zero-order valence-corrected chi connectivity index (χ0v) is 17.1. The SMILES string of the molecule is COC(=O)[C@H](C)N1CCC(C#N)(c2ccc(OC)c(OC3CCCC3)c2)CC1. The summed E-state index contributed by atoms with van der Waals surface area (Å²) in [4.78, 5) is 13.9. The molecule has 0 aromatic heterocycles. The Balaban J connectivity index is 1.79. The Labute approximate surface area is 167 Å². The highest BCUT2D eigenvalue weighted by atomic mass is 16.5. The summed E-state index contributed by atoms with van der Waals surface area (Å²) in [5.74, 6) is 1.20. The predicted molar refractivity (Wildman–Crippen MR) is 105 cm³/mol. The van der Waals surface area contributed by atoms with Crippen LogP contribution in [-0.2, 0) is 14.9 Å². The molecule has 1 atom stereocenters. The number of likely N-dealkylation sites (tertiary alicyclic amines) is 1. The summed E-state index contributed by atoms with van der Waals surface area (Å²) >= 11 is 0. The van der Waals surface area contributed by atoms with Gasteiger partial charge in [0.15, 0.2) is 11.5 Å². The van der Waals surface area contributed by atoms with Gasteiger partial charge in [0, 0.05) is 13.1 Å². The topological polar surface area (TPSA) is 71.8 Å². The fourth-order valence-corrected chi connectivity index (χ4v) is 4.33. The molecule has 0 unspecified atom stereocenters. The fourth-order valence-electron chi connectivity index (χ4n) is 4.33. The Hall–Kier alpha value is -2.26. The van der Waals surface area contributed by atoms with Crippen molar-refractivity contribution in [2.24, 2.45) is 0 Å². The molecule has 1 aliphatic heterocycles. The van der Waals surface area contributed by atoms with E-state index in [-0.39, 0.29) is 18.1 Å². The maximum absolute atomic E-state index is 11.8. The van der Waals surface area contributed by atoms with Gasteiger partial charge in [0.2, 0.25) is 0 Å². The van der Waals surface area contributed by atoms with Gasteiger partial charge in [0.1, 0.15) is 6.04 Å². The minimum absolute atomic E-state index is 0.227. The molecular weight excluding hydrogens is 356 g/mol. The predicted octanol–water partition coefficient (Wildman–Crippen LogP) is 3.44. The summed E-state index contributed by atoms with van der Waals surface area (Å²) in [7, 11) is 3.05. The van der Waals surface area contributed by atoms with E-state index in [1.807, 2.05) is 25.1 Å². The van der Waals surface area contributed by atoms with E-state index >= 15 is 0 Å². The molecule has 1 aromatic carbocycles. The number of piperidine rings is 1. The molecule has 28 heavy (non-hydrogen) atoms. The highest BCUT2D eigenvalue weighted by Crippen LogP contribution is 2.40. The molecule has 6 heteroatoms. The minimum atomic E-state index is -0.577. The molecule has 0 N–H and O–H groups in total. The van der Waals surface area contributed by atoms with E-state index in [0.29, 0.717) is 31.7 Å². The number of benzene rings is 1. The minimum Gasteiger partial charge on any atom is -0.493 e. The number of carbonyl (C=O) groups is 1. The summed E-state index contributed by atoms with van der Waals surface area (Å²) < 4.78 is 16.6. The molecule has 6 nitrogen and oxygen atoms in total. The van der Waals surface area contributed by atoms with E-state index in [0.717, 1.165) is 24.2 Å². The van der Waals surface area contributed by atoms with Crippen molar-refractivity contribution in [1.29, 1.82) is 5.26 Å². The summed E-state index contributed by atoms with van der Waals surface area (Å²) in [5.41, 5.74) is 0.390. The molecule has 1 aromatic rings. The summed E-state index contributed by atoms with van der Waals surface area (Å²) in [6, 6.07) is 8.13. The van der Waals surface area contributed by atoms with Crippen LogP contribution in [0.2, 0.25) is 0 Å². The highest BCUT2D eigenvalue weighted by molar-refractivity contribution is 5.75. The summed E-state index contributed by atoms with van der Waals surface area (Å²) in [6.07, 6.45) is 6.09. The zero-order chi connectivity index (χ0) is 20.1. The smallest absolute Gasteiger partial charge is 0.322 e. The fraction of sp³-hybridized carbons (Fsp3) is 0.636. The summed E-state index contributed by atoms with van der Waals surface area (Å²) in [6.45, 7) is 3.20. The first kappa shape index (κ1) is 20.5. The van der Waals surface area contributed by atoms with E-state index in [1.54, 1.807) is 7.11 Å². The first-order valence-corrected chi connectivity index (χ1v) is 10.1. The highest BCUT2D eigenvalue weighted by Gasteiger charge is 2.39. The first-order valence-electron chi connectivity index (χ1n) is 10.1. The maximum Gasteiger partial charge on any atom is 0.322 e. The molecule has 0 radical (unpaired) electrons. The molecule has 0 spiro atoms. The second kappa shape index (κ2) is 8.83. The van der Waals surface area contributed by atoms with Gasteiger partial charge in [-0.05, 0) is 63.1 Å².